The van der Waals surface area contributed by atoms with Crippen molar-refractivity contribution in [2.24, 2.45) is 0 Å². The maximum absolute atomic E-state index is 5.19. The molecule has 0 aliphatic heterocycles. The number of hydrogen-bond donors (Lipinski definition) is 0. The highest BCUT2D eigenvalue weighted by Crippen LogP contribution is 2.37. The zero-order valence-electron chi connectivity index (χ0n) is 27.4. The van der Waals surface area contributed by atoms with Gasteiger partial charge in [-0.3, -0.25) is 9.97 Å². The van der Waals surface area contributed by atoms with Gasteiger partial charge in [0.05, 0.1) is 28.1 Å². The fraction of sp³-hybridized carbons (Fsp3) is 0. The third kappa shape index (κ3) is 5.32. The lowest BCUT2D eigenvalue weighted by Crippen LogP contribution is -1.91. The van der Waals surface area contributed by atoms with Crippen molar-refractivity contribution in [2.45, 2.75) is 0 Å². The largest absolute Gasteiger partial charge is 0.265 e. The van der Waals surface area contributed by atoms with E-state index in [-0.39, 0.29) is 0 Å². The smallest absolute Gasteiger partial charge is 0.0972 e. The number of thiophene rings is 1. The molecule has 5 heterocycles. The molecular formula is C46H28N4S. The van der Waals surface area contributed by atoms with Crippen LogP contribution in [0.15, 0.2) is 170 Å². The van der Waals surface area contributed by atoms with Gasteiger partial charge < -0.3 is 0 Å². The summed E-state index contributed by atoms with van der Waals surface area (Å²) in [6.07, 6.45) is 5.50. The summed E-state index contributed by atoms with van der Waals surface area (Å²) in [7, 11) is 0. The van der Waals surface area contributed by atoms with Crippen LogP contribution in [0.3, 0.4) is 0 Å². The Morgan fingerprint density at radius 2 is 0.882 bits per heavy atom. The summed E-state index contributed by atoms with van der Waals surface area (Å²) in [5.41, 5.74) is 12.4. The van der Waals surface area contributed by atoms with Gasteiger partial charge in [0.15, 0.2) is 0 Å². The zero-order chi connectivity index (χ0) is 33.7. The topological polar surface area (TPSA) is 51.6 Å². The van der Waals surface area contributed by atoms with E-state index in [1.165, 1.54) is 31.3 Å². The molecule has 0 aliphatic rings. The highest BCUT2D eigenvalue weighted by Gasteiger charge is 2.11. The normalized spacial score (nSPS) is 11.5. The van der Waals surface area contributed by atoms with Crippen LogP contribution in [-0.2, 0) is 0 Å². The van der Waals surface area contributed by atoms with Crippen molar-refractivity contribution in [1.82, 2.24) is 19.9 Å². The van der Waals surface area contributed by atoms with Crippen LogP contribution in [-0.4, -0.2) is 19.9 Å². The molecule has 5 heteroatoms. The third-order valence-corrected chi connectivity index (χ3v) is 10.8. The monoisotopic (exact) mass is 668 g/mol. The quantitative estimate of drug-likeness (QED) is 0.171. The molecule has 0 fully saturated rings. The van der Waals surface area contributed by atoms with Crippen molar-refractivity contribution < 1.29 is 0 Å². The molecule has 238 valence electrons. The fourth-order valence-electron chi connectivity index (χ4n) is 6.92. The van der Waals surface area contributed by atoms with E-state index in [4.69, 9.17) is 9.97 Å². The summed E-state index contributed by atoms with van der Waals surface area (Å²) in [5, 5.41) is 4.77. The van der Waals surface area contributed by atoms with Gasteiger partial charge in [-0.05, 0) is 65.2 Å². The van der Waals surface area contributed by atoms with Crippen LogP contribution in [0.5, 0.6) is 0 Å². The number of pyridine rings is 4. The van der Waals surface area contributed by atoms with E-state index >= 15 is 0 Å². The third-order valence-electron chi connectivity index (χ3n) is 9.66. The molecule has 0 N–H and O–H groups in total. The van der Waals surface area contributed by atoms with E-state index in [1.54, 1.807) is 12.4 Å². The van der Waals surface area contributed by atoms with Crippen molar-refractivity contribution in [3.63, 3.8) is 0 Å². The van der Waals surface area contributed by atoms with Gasteiger partial charge in [0.25, 0.3) is 0 Å². The molecule has 0 aliphatic carbocycles. The van der Waals surface area contributed by atoms with Gasteiger partial charge in [0.2, 0.25) is 0 Å². The Bertz CT molecular complexity index is 2880. The van der Waals surface area contributed by atoms with Gasteiger partial charge in [0, 0.05) is 71.8 Å². The number of aromatic nitrogens is 4. The Morgan fingerprint density at radius 3 is 1.53 bits per heavy atom. The van der Waals surface area contributed by atoms with E-state index < -0.39 is 0 Å². The molecule has 0 radical (unpaired) electrons. The van der Waals surface area contributed by atoms with Gasteiger partial charge in [0.1, 0.15) is 0 Å². The van der Waals surface area contributed by atoms with Crippen LogP contribution in [0, 0.1) is 0 Å². The Morgan fingerprint density at radius 1 is 0.373 bits per heavy atom. The number of fused-ring (bicyclic) bond motifs is 6. The maximum atomic E-state index is 5.19. The number of hydrogen-bond acceptors (Lipinski definition) is 5. The average Bonchev–Trinajstić information content (AvgIpc) is 3.59. The van der Waals surface area contributed by atoms with E-state index in [2.05, 4.69) is 149 Å². The molecule has 51 heavy (non-hydrogen) atoms. The molecule has 0 amide bonds. The molecule has 0 bridgehead atoms. The Hall–Kier alpha value is -6.56. The lowest BCUT2D eigenvalue weighted by molar-refractivity contribution is 1.29. The summed E-state index contributed by atoms with van der Waals surface area (Å²) in [6.45, 7) is 0. The second-order valence-electron chi connectivity index (χ2n) is 12.7. The number of benzene rings is 5. The number of nitrogens with zero attached hydrogens (tertiary/aromatic N) is 4. The molecule has 0 atom stereocenters. The molecule has 0 unspecified atom stereocenters. The minimum absolute atomic E-state index is 0.903. The Balaban J connectivity index is 0.951. The summed E-state index contributed by atoms with van der Waals surface area (Å²) in [6, 6.07) is 53.6. The van der Waals surface area contributed by atoms with Crippen molar-refractivity contribution in [3.05, 3.63) is 170 Å². The van der Waals surface area contributed by atoms with Crippen molar-refractivity contribution in [2.75, 3.05) is 0 Å². The van der Waals surface area contributed by atoms with Gasteiger partial charge in [-0.25, -0.2) is 9.97 Å². The van der Waals surface area contributed by atoms with Crippen LogP contribution in [0.4, 0.5) is 0 Å². The molecule has 10 rings (SSSR count). The van der Waals surface area contributed by atoms with Gasteiger partial charge >= 0.3 is 0 Å². The fourth-order valence-corrected chi connectivity index (χ4v) is 8.01. The van der Waals surface area contributed by atoms with Crippen LogP contribution in [0.1, 0.15) is 0 Å². The SMILES string of the molecule is c1ccc2c(c1)sc1ccc(-c3ccc(-c4ccc5ccc6ccc(-c7ccc(-c8ccc(-c9ccncc9)nc8)cc7)nc6c5n4)cc3)cc12. The first-order chi connectivity index (χ1) is 25.2. The van der Waals surface area contributed by atoms with Crippen molar-refractivity contribution >= 4 is 53.3 Å². The minimum atomic E-state index is 0.903. The average molecular weight is 669 g/mol. The highest BCUT2D eigenvalue weighted by molar-refractivity contribution is 7.25. The summed E-state index contributed by atoms with van der Waals surface area (Å²) in [4.78, 5) is 19.2. The minimum Gasteiger partial charge on any atom is -0.265 e. The predicted octanol–water partition coefficient (Wildman–Crippen LogP) is 12.3. The van der Waals surface area contributed by atoms with E-state index in [9.17, 15) is 0 Å². The van der Waals surface area contributed by atoms with E-state index in [0.717, 1.165) is 66.7 Å². The van der Waals surface area contributed by atoms with Crippen molar-refractivity contribution in [1.29, 1.82) is 0 Å². The maximum Gasteiger partial charge on any atom is 0.0972 e. The zero-order valence-corrected chi connectivity index (χ0v) is 28.2. The van der Waals surface area contributed by atoms with Gasteiger partial charge in [-0.2, -0.15) is 0 Å². The molecule has 5 aromatic heterocycles. The summed E-state index contributed by atoms with van der Waals surface area (Å²) >= 11 is 1.85. The standard InChI is InChI=1S/C46H28N4S/c1-2-4-43-38(3-1)39-27-36(18-22-44(39)51-43)29-5-9-31(10-6-29)41-20-15-34-13-14-35-16-21-42(50-46(35)45(34)49-41)32-11-7-30(8-12-32)37-17-19-40(48-28-37)33-23-25-47-26-24-33/h1-28H. The van der Waals surface area contributed by atoms with Crippen LogP contribution >= 0.6 is 11.3 Å². The first kappa shape index (κ1) is 29.4. The first-order valence-corrected chi connectivity index (χ1v) is 17.8. The molecule has 0 spiro atoms. The molecule has 0 saturated carbocycles. The van der Waals surface area contributed by atoms with Gasteiger partial charge in [-0.1, -0.05) is 103 Å². The summed E-state index contributed by atoms with van der Waals surface area (Å²) < 4.78 is 2.64. The molecule has 5 aromatic carbocycles. The highest BCUT2D eigenvalue weighted by atomic mass is 32.1. The predicted molar refractivity (Wildman–Crippen MR) is 213 cm³/mol. The summed E-state index contributed by atoms with van der Waals surface area (Å²) in [5.74, 6) is 0. The van der Waals surface area contributed by atoms with Crippen LogP contribution in [0.25, 0.3) is 98.0 Å². The number of rotatable bonds is 5. The molecule has 4 nitrogen and oxygen atoms in total. The van der Waals surface area contributed by atoms with Gasteiger partial charge in [-0.15, -0.1) is 11.3 Å². The Kier molecular flexibility index (Phi) is 6.96. The lowest BCUT2D eigenvalue weighted by Gasteiger charge is -2.09. The van der Waals surface area contributed by atoms with Crippen molar-refractivity contribution in [3.8, 4) is 56.0 Å². The molecule has 0 saturated heterocycles. The van der Waals surface area contributed by atoms with E-state index in [1.807, 2.05) is 29.7 Å². The second-order valence-corrected chi connectivity index (χ2v) is 13.8. The molecule has 10 aromatic rings. The van der Waals surface area contributed by atoms with Crippen LogP contribution < -0.4 is 0 Å². The lowest BCUT2D eigenvalue weighted by atomic mass is 10.00. The molecular weight excluding hydrogens is 641 g/mol. The van der Waals surface area contributed by atoms with E-state index in [0.29, 0.717) is 0 Å². The first-order valence-electron chi connectivity index (χ1n) is 16.9. The Labute approximate surface area is 298 Å². The second kappa shape index (κ2) is 12.1. The van der Waals surface area contributed by atoms with Crippen LogP contribution in [0.2, 0.25) is 0 Å².